The quantitative estimate of drug-likeness (QED) is 0.484. The van der Waals surface area contributed by atoms with Crippen molar-refractivity contribution in [2.24, 2.45) is 0 Å². The molecule has 0 radical (unpaired) electrons. The highest BCUT2D eigenvalue weighted by Gasteiger charge is 2.25. The first kappa shape index (κ1) is 20.8. The number of rotatable bonds is 9. The lowest BCUT2D eigenvalue weighted by Crippen LogP contribution is -2.17. The minimum absolute atomic E-state index is 0.356. The molecule has 1 fully saturated rings. The van der Waals surface area contributed by atoms with Crippen molar-refractivity contribution in [3.05, 3.63) is 58.5 Å². The van der Waals surface area contributed by atoms with E-state index in [0.29, 0.717) is 29.6 Å². The number of hydrogen-bond acceptors (Lipinski definition) is 6. The molecule has 1 heterocycles. The summed E-state index contributed by atoms with van der Waals surface area (Å²) in [5.41, 5.74) is 2.03. The number of carbonyl (C=O) groups excluding carboxylic acids is 2. The molecule has 1 aliphatic heterocycles. The van der Waals surface area contributed by atoms with Crippen LogP contribution in [0.4, 0.5) is 4.79 Å². The highest BCUT2D eigenvalue weighted by atomic mass is 32.2. The molecule has 2 amide bonds. The average molecular weight is 413 g/mol. The molecule has 2 aromatic carbocycles. The summed E-state index contributed by atoms with van der Waals surface area (Å²) in [6.07, 6.45) is 3.38. The predicted octanol–water partition coefficient (Wildman–Crippen LogP) is 4.43. The summed E-state index contributed by atoms with van der Waals surface area (Å²) in [5, 5.41) is 1.87. The number of aryl methyl sites for hydroxylation is 1. The maximum Gasteiger partial charge on any atom is 0.290 e. The Morgan fingerprint density at radius 2 is 1.76 bits per heavy atom. The number of thioether (sulfide) groups is 1. The third kappa shape index (κ3) is 5.77. The zero-order valence-electron chi connectivity index (χ0n) is 16.4. The van der Waals surface area contributed by atoms with Crippen molar-refractivity contribution in [1.82, 2.24) is 5.32 Å². The standard InChI is InChI=1S/C22H23NO5S/c1-3-15-5-8-17(9-6-15)27-11-4-12-28-18-10-7-16(13-19(18)26-2)14-20-21(24)23-22(25)29-20/h5-10,13-14H,3-4,11-12H2,1-2H3,(H,23,24,25)/b20-14+. The molecule has 0 bridgehead atoms. The second-order valence-electron chi connectivity index (χ2n) is 6.31. The van der Waals surface area contributed by atoms with Gasteiger partial charge in [0, 0.05) is 6.42 Å². The summed E-state index contributed by atoms with van der Waals surface area (Å²) >= 11 is 0.881. The Hall–Kier alpha value is -2.93. The minimum Gasteiger partial charge on any atom is -0.493 e. The molecule has 29 heavy (non-hydrogen) atoms. The fraction of sp³-hybridized carbons (Fsp3) is 0.273. The van der Waals surface area contributed by atoms with Gasteiger partial charge in [-0.25, -0.2) is 0 Å². The van der Waals surface area contributed by atoms with Crippen LogP contribution in [0.1, 0.15) is 24.5 Å². The Bertz CT molecular complexity index is 908. The van der Waals surface area contributed by atoms with Crippen LogP contribution in [-0.2, 0) is 11.2 Å². The Balaban J connectivity index is 1.51. The van der Waals surface area contributed by atoms with Crippen LogP contribution in [0.3, 0.4) is 0 Å². The first-order valence-electron chi connectivity index (χ1n) is 9.36. The van der Waals surface area contributed by atoms with E-state index in [1.807, 2.05) is 18.2 Å². The molecule has 0 spiro atoms. The first-order valence-corrected chi connectivity index (χ1v) is 10.2. The molecule has 7 heteroatoms. The predicted molar refractivity (Wildman–Crippen MR) is 114 cm³/mol. The van der Waals surface area contributed by atoms with Gasteiger partial charge in [-0.2, -0.15) is 0 Å². The number of methoxy groups -OCH3 is 1. The topological polar surface area (TPSA) is 73.9 Å². The maximum absolute atomic E-state index is 11.7. The van der Waals surface area contributed by atoms with Gasteiger partial charge in [-0.15, -0.1) is 0 Å². The van der Waals surface area contributed by atoms with Gasteiger partial charge in [0.1, 0.15) is 5.75 Å². The first-order chi connectivity index (χ1) is 14.1. The van der Waals surface area contributed by atoms with Crippen molar-refractivity contribution in [3.63, 3.8) is 0 Å². The van der Waals surface area contributed by atoms with E-state index in [-0.39, 0.29) is 11.1 Å². The van der Waals surface area contributed by atoms with Gasteiger partial charge in [-0.3, -0.25) is 14.9 Å². The van der Waals surface area contributed by atoms with E-state index in [9.17, 15) is 9.59 Å². The van der Waals surface area contributed by atoms with Gasteiger partial charge in [-0.1, -0.05) is 25.1 Å². The molecule has 1 saturated heterocycles. The highest BCUT2D eigenvalue weighted by molar-refractivity contribution is 8.18. The Morgan fingerprint density at radius 3 is 2.41 bits per heavy atom. The lowest BCUT2D eigenvalue weighted by Gasteiger charge is -2.12. The van der Waals surface area contributed by atoms with Crippen LogP contribution in [0.25, 0.3) is 6.08 Å². The molecule has 1 aliphatic rings. The van der Waals surface area contributed by atoms with Crippen LogP contribution in [-0.4, -0.2) is 31.5 Å². The second-order valence-corrected chi connectivity index (χ2v) is 7.33. The smallest absolute Gasteiger partial charge is 0.290 e. The van der Waals surface area contributed by atoms with Crippen molar-refractivity contribution >= 4 is 29.0 Å². The molecule has 2 aromatic rings. The summed E-state index contributed by atoms with van der Waals surface area (Å²) in [5.74, 6) is 1.64. The van der Waals surface area contributed by atoms with E-state index >= 15 is 0 Å². The number of ether oxygens (including phenoxy) is 3. The number of hydrogen-bond donors (Lipinski definition) is 1. The molecule has 0 unspecified atom stereocenters. The van der Waals surface area contributed by atoms with Crippen LogP contribution in [0, 0.1) is 0 Å². The van der Waals surface area contributed by atoms with Gasteiger partial charge in [0.15, 0.2) is 11.5 Å². The lowest BCUT2D eigenvalue weighted by atomic mass is 10.2. The van der Waals surface area contributed by atoms with Gasteiger partial charge in [0.05, 0.1) is 25.2 Å². The van der Waals surface area contributed by atoms with Gasteiger partial charge >= 0.3 is 0 Å². The lowest BCUT2D eigenvalue weighted by molar-refractivity contribution is -0.115. The van der Waals surface area contributed by atoms with Crippen molar-refractivity contribution in [1.29, 1.82) is 0 Å². The monoisotopic (exact) mass is 413 g/mol. The van der Waals surface area contributed by atoms with E-state index in [4.69, 9.17) is 14.2 Å². The Morgan fingerprint density at radius 1 is 1.00 bits per heavy atom. The maximum atomic E-state index is 11.7. The molecule has 0 aliphatic carbocycles. The van der Waals surface area contributed by atoms with E-state index in [1.165, 1.54) is 5.56 Å². The third-order valence-electron chi connectivity index (χ3n) is 4.27. The van der Waals surface area contributed by atoms with Crippen LogP contribution < -0.4 is 19.5 Å². The summed E-state index contributed by atoms with van der Waals surface area (Å²) in [6, 6.07) is 13.5. The van der Waals surface area contributed by atoms with Crippen molar-refractivity contribution in [2.75, 3.05) is 20.3 Å². The Kier molecular flexibility index (Phi) is 7.19. The van der Waals surface area contributed by atoms with Gasteiger partial charge < -0.3 is 14.2 Å². The zero-order chi connectivity index (χ0) is 20.6. The fourth-order valence-electron chi connectivity index (χ4n) is 2.72. The van der Waals surface area contributed by atoms with E-state index < -0.39 is 0 Å². The molecule has 152 valence electrons. The normalized spacial score (nSPS) is 14.8. The molecular formula is C22H23NO5S. The van der Waals surface area contributed by atoms with E-state index in [1.54, 1.807) is 25.3 Å². The zero-order valence-corrected chi connectivity index (χ0v) is 17.2. The van der Waals surface area contributed by atoms with Crippen LogP contribution in [0.15, 0.2) is 47.4 Å². The third-order valence-corrected chi connectivity index (χ3v) is 5.08. The molecule has 1 N–H and O–H groups in total. The molecule has 0 saturated carbocycles. The van der Waals surface area contributed by atoms with Gasteiger partial charge in [0.25, 0.3) is 11.1 Å². The van der Waals surface area contributed by atoms with Crippen LogP contribution in [0.5, 0.6) is 17.2 Å². The van der Waals surface area contributed by atoms with Crippen molar-refractivity contribution in [2.45, 2.75) is 19.8 Å². The van der Waals surface area contributed by atoms with E-state index in [2.05, 4.69) is 24.4 Å². The summed E-state index contributed by atoms with van der Waals surface area (Å²) in [6.45, 7) is 3.16. The Labute approximate surface area is 174 Å². The summed E-state index contributed by atoms with van der Waals surface area (Å²) in [4.78, 5) is 23.3. The number of nitrogens with one attached hydrogen (secondary N) is 1. The molecule has 3 rings (SSSR count). The van der Waals surface area contributed by atoms with Crippen LogP contribution in [0.2, 0.25) is 0 Å². The second kappa shape index (κ2) is 10.0. The van der Waals surface area contributed by atoms with Crippen molar-refractivity contribution < 1.29 is 23.8 Å². The van der Waals surface area contributed by atoms with E-state index in [0.717, 1.165) is 35.9 Å². The van der Waals surface area contributed by atoms with Gasteiger partial charge in [0.2, 0.25) is 0 Å². The molecule has 0 aromatic heterocycles. The van der Waals surface area contributed by atoms with Crippen LogP contribution >= 0.6 is 11.8 Å². The number of imide groups is 1. The largest absolute Gasteiger partial charge is 0.493 e. The molecular weight excluding hydrogens is 390 g/mol. The highest BCUT2D eigenvalue weighted by Crippen LogP contribution is 2.31. The number of benzene rings is 2. The number of amides is 2. The minimum atomic E-state index is -0.386. The van der Waals surface area contributed by atoms with Crippen molar-refractivity contribution in [3.8, 4) is 17.2 Å². The summed E-state index contributed by atoms with van der Waals surface area (Å²) in [7, 11) is 1.56. The number of carbonyl (C=O) groups is 2. The SMILES string of the molecule is CCc1ccc(OCCCOc2ccc(/C=C3/SC(=O)NC3=O)cc2OC)cc1. The molecule has 0 atom stereocenters. The summed E-state index contributed by atoms with van der Waals surface area (Å²) < 4.78 is 16.9. The average Bonchev–Trinajstić information content (AvgIpc) is 3.05. The molecule has 6 nitrogen and oxygen atoms in total. The fourth-order valence-corrected chi connectivity index (χ4v) is 3.40. The van der Waals surface area contributed by atoms with Gasteiger partial charge in [-0.05, 0) is 59.7 Å².